The van der Waals surface area contributed by atoms with Gasteiger partial charge in [-0.2, -0.15) is 16.4 Å². The van der Waals surface area contributed by atoms with Crippen molar-refractivity contribution < 1.29 is 9.84 Å². The monoisotopic (exact) mass is 382 g/mol. The maximum absolute atomic E-state index is 10.2. The second-order valence-corrected chi connectivity index (χ2v) is 7.59. The summed E-state index contributed by atoms with van der Waals surface area (Å²) in [7, 11) is 0. The highest BCUT2D eigenvalue weighted by Crippen LogP contribution is 2.48. The number of rotatable bonds is 2. The van der Waals surface area contributed by atoms with Crippen LogP contribution in [0.15, 0.2) is 64.4 Å². The number of para-hydroxylation sites is 1. The fourth-order valence-electron chi connectivity index (χ4n) is 3.57. The lowest BCUT2D eigenvalue weighted by Crippen LogP contribution is -2.33. The number of halogens is 1. The summed E-state index contributed by atoms with van der Waals surface area (Å²) in [5.74, 6) is 1.07. The summed E-state index contributed by atoms with van der Waals surface area (Å²) >= 11 is 7.87. The highest BCUT2D eigenvalue weighted by Gasteiger charge is 2.41. The van der Waals surface area contributed by atoms with Gasteiger partial charge < -0.3 is 9.84 Å². The molecule has 0 spiro atoms. The largest absolute Gasteiger partial charge is 0.507 e. The highest BCUT2D eigenvalue weighted by molar-refractivity contribution is 7.07. The fourth-order valence-corrected chi connectivity index (χ4v) is 4.42. The van der Waals surface area contributed by atoms with Crippen LogP contribution in [0.4, 0.5) is 0 Å². The molecule has 5 rings (SSSR count). The van der Waals surface area contributed by atoms with Gasteiger partial charge in [-0.05, 0) is 47.2 Å². The van der Waals surface area contributed by atoms with Crippen LogP contribution in [0, 0.1) is 0 Å². The van der Waals surface area contributed by atoms with Gasteiger partial charge in [0.1, 0.15) is 11.5 Å². The van der Waals surface area contributed by atoms with Crippen molar-refractivity contribution in [2.45, 2.75) is 18.7 Å². The van der Waals surface area contributed by atoms with Crippen LogP contribution in [-0.2, 0) is 0 Å². The lowest BCUT2D eigenvalue weighted by atomic mass is 9.96. The van der Waals surface area contributed by atoms with Crippen molar-refractivity contribution in [1.29, 1.82) is 0 Å². The van der Waals surface area contributed by atoms with Crippen LogP contribution in [0.5, 0.6) is 11.5 Å². The summed E-state index contributed by atoms with van der Waals surface area (Å²) in [6.45, 7) is 0. The minimum Gasteiger partial charge on any atom is -0.507 e. The molecule has 0 saturated heterocycles. The quantitative estimate of drug-likeness (QED) is 0.649. The maximum Gasteiger partial charge on any atom is 0.214 e. The maximum atomic E-state index is 10.2. The first-order valence-corrected chi connectivity index (χ1v) is 9.65. The predicted molar refractivity (Wildman–Crippen MR) is 103 cm³/mol. The zero-order valence-corrected chi connectivity index (χ0v) is 15.2. The molecule has 4 nitrogen and oxygen atoms in total. The van der Waals surface area contributed by atoms with E-state index in [4.69, 9.17) is 21.4 Å². The average Bonchev–Trinajstić information content (AvgIpc) is 3.32. The Morgan fingerprint density at radius 2 is 2.08 bits per heavy atom. The van der Waals surface area contributed by atoms with E-state index in [0.717, 1.165) is 28.2 Å². The molecular weight excluding hydrogens is 368 g/mol. The Bertz CT molecular complexity index is 1000. The molecule has 26 heavy (non-hydrogen) atoms. The third kappa shape index (κ3) is 2.47. The number of benzene rings is 2. The van der Waals surface area contributed by atoms with Crippen LogP contribution >= 0.6 is 22.9 Å². The van der Waals surface area contributed by atoms with E-state index in [2.05, 4.69) is 11.4 Å². The topological polar surface area (TPSA) is 45.1 Å². The van der Waals surface area contributed by atoms with Crippen molar-refractivity contribution in [3.05, 3.63) is 81.0 Å². The number of phenols is 1. The molecular formula is C20H15ClN2O2S. The van der Waals surface area contributed by atoms with Gasteiger partial charge in [-0.1, -0.05) is 23.7 Å². The summed E-state index contributed by atoms with van der Waals surface area (Å²) in [5.41, 5.74) is 3.71. The van der Waals surface area contributed by atoms with Gasteiger partial charge in [0.05, 0.1) is 11.8 Å². The van der Waals surface area contributed by atoms with Crippen LogP contribution in [0.1, 0.15) is 35.4 Å². The Labute approximate surface area is 159 Å². The minimum absolute atomic E-state index is 0.0250. The van der Waals surface area contributed by atoms with Gasteiger partial charge in [0, 0.05) is 28.1 Å². The Hall–Kier alpha value is -2.50. The smallest absolute Gasteiger partial charge is 0.214 e. The number of aromatic hydroxyl groups is 1. The molecule has 3 aromatic rings. The van der Waals surface area contributed by atoms with E-state index in [1.807, 2.05) is 46.8 Å². The Morgan fingerprint density at radius 3 is 2.88 bits per heavy atom. The SMILES string of the molecule is Oc1ccccc1C1=NN2[C@H](C1)c1cc(Cl)ccc1O[C@H]2c1ccsc1. The number of hydrazone groups is 1. The van der Waals surface area contributed by atoms with Crippen molar-refractivity contribution in [3.63, 3.8) is 0 Å². The van der Waals surface area contributed by atoms with Gasteiger partial charge in [0.15, 0.2) is 0 Å². The molecule has 0 bridgehead atoms. The lowest BCUT2D eigenvalue weighted by molar-refractivity contribution is -0.0187. The zero-order valence-electron chi connectivity index (χ0n) is 13.7. The van der Waals surface area contributed by atoms with E-state index in [-0.39, 0.29) is 18.0 Å². The van der Waals surface area contributed by atoms with Crippen molar-refractivity contribution in [2.75, 3.05) is 0 Å². The Kier molecular flexibility index (Phi) is 3.65. The van der Waals surface area contributed by atoms with Crippen molar-refractivity contribution in [3.8, 4) is 11.5 Å². The predicted octanol–water partition coefficient (Wildman–Crippen LogP) is 5.35. The summed E-state index contributed by atoms with van der Waals surface area (Å²) in [6.07, 6.45) is 0.401. The van der Waals surface area contributed by atoms with Crippen molar-refractivity contribution in [1.82, 2.24) is 5.01 Å². The van der Waals surface area contributed by atoms with Crippen molar-refractivity contribution in [2.24, 2.45) is 5.10 Å². The third-order valence-electron chi connectivity index (χ3n) is 4.80. The van der Waals surface area contributed by atoms with Gasteiger partial charge >= 0.3 is 0 Å². The molecule has 0 aliphatic carbocycles. The van der Waals surface area contributed by atoms with E-state index in [1.54, 1.807) is 17.4 Å². The number of hydrogen-bond acceptors (Lipinski definition) is 5. The normalized spacial score (nSPS) is 21.0. The summed E-state index contributed by atoms with van der Waals surface area (Å²) < 4.78 is 6.26. The molecule has 1 aromatic heterocycles. The van der Waals surface area contributed by atoms with Crippen LogP contribution in [0.2, 0.25) is 5.02 Å². The van der Waals surface area contributed by atoms with Gasteiger partial charge in [-0.3, -0.25) is 0 Å². The lowest BCUT2D eigenvalue weighted by Gasteiger charge is -2.37. The van der Waals surface area contributed by atoms with E-state index in [0.29, 0.717) is 11.4 Å². The van der Waals surface area contributed by atoms with Crippen LogP contribution in [0.25, 0.3) is 0 Å². The van der Waals surface area contributed by atoms with Crippen LogP contribution in [0.3, 0.4) is 0 Å². The molecule has 0 unspecified atom stereocenters. The molecule has 6 heteroatoms. The van der Waals surface area contributed by atoms with E-state index in [9.17, 15) is 5.11 Å². The second kappa shape index (κ2) is 6.04. The summed E-state index contributed by atoms with van der Waals surface area (Å²) in [6, 6.07) is 15.1. The Balaban J connectivity index is 1.62. The number of thiophene rings is 1. The molecule has 0 radical (unpaired) electrons. The van der Waals surface area contributed by atoms with E-state index in [1.165, 1.54) is 0 Å². The molecule has 1 N–H and O–H groups in total. The standard InChI is InChI=1S/C20H15ClN2O2S/c21-13-5-6-19-15(9-13)17-10-16(14-3-1-2-4-18(14)24)22-23(17)20(25-19)12-7-8-26-11-12/h1-9,11,17,20,24H,10H2/t17-,20+/m1/s1. The molecule has 0 fully saturated rings. The third-order valence-corrected chi connectivity index (χ3v) is 5.73. The van der Waals surface area contributed by atoms with E-state index < -0.39 is 0 Å². The molecule has 2 aliphatic rings. The molecule has 3 heterocycles. The van der Waals surface area contributed by atoms with Crippen molar-refractivity contribution >= 4 is 28.6 Å². The van der Waals surface area contributed by atoms with Gasteiger partial charge in [0.25, 0.3) is 0 Å². The first-order chi connectivity index (χ1) is 12.7. The molecule has 2 aromatic carbocycles. The number of hydrogen-bond donors (Lipinski definition) is 1. The molecule has 2 aliphatic heterocycles. The molecule has 0 amide bonds. The molecule has 2 atom stereocenters. The molecule has 130 valence electrons. The summed E-state index contributed by atoms with van der Waals surface area (Å²) in [5, 5.41) is 21.9. The van der Waals surface area contributed by atoms with Gasteiger partial charge in [-0.25, -0.2) is 5.01 Å². The number of fused-ring (bicyclic) bond motifs is 3. The second-order valence-electron chi connectivity index (χ2n) is 6.37. The number of phenolic OH excluding ortho intramolecular Hbond substituents is 1. The van der Waals surface area contributed by atoms with Crippen LogP contribution in [-0.4, -0.2) is 15.8 Å². The van der Waals surface area contributed by atoms with Gasteiger partial charge in [0.2, 0.25) is 6.23 Å². The van der Waals surface area contributed by atoms with Crippen LogP contribution < -0.4 is 4.74 Å². The average molecular weight is 383 g/mol. The molecule has 0 saturated carbocycles. The first-order valence-electron chi connectivity index (χ1n) is 8.33. The zero-order chi connectivity index (χ0) is 17.7. The summed E-state index contributed by atoms with van der Waals surface area (Å²) in [4.78, 5) is 0. The fraction of sp³-hybridized carbons (Fsp3) is 0.150. The first kappa shape index (κ1) is 15.7. The number of nitrogens with zero attached hydrogens (tertiary/aromatic N) is 2. The Morgan fingerprint density at radius 1 is 1.19 bits per heavy atom. The highest BCUT2D eigenvalue weighted by atomic mass is 35.5. The number of ether oxygens (including phenoxy) is 1. The van der Waals surface area contributed by atoms with Gasteiger partial charge in [-0.15, -0.1) is 0 Å². The minimum atomic E-state index is -0.289. The van der Waals surface area contributed by atoms with E-state index >= 15 is 0 Å².